The van der Waals surface area contributed by atoms with Crippen molar-refractivity contribution in [2.24, 2.45) is 5.73 Å². The van der Waals surface area contributed by atoms with Gasteiger partial charge in [0.2, 0.25) is 0 Å². The fourth-order valence-electron chi connectivity index (χ4n) is 3.54. The summed E-state index contributed by atoms with van der Waals surface area (Å²) in [7, 11) is 0. The van der Waals surface area contributed by atoms with Crippen molar-refractivity contribution in [2.75, 3.05) is 18.0 Å². The lowest BCUT2D eigenvalue weighted by atomic mass is 10.1. The third kappa shape index (κ3) is 2.93. The number of nitrogens with one attached hydrogen (secondary N) is 2. The van der Waals surface area contributed by atoms with E-state index >= 15 is 0 Å². The van der Waals surface area contributed by atoms with Crippen molar-refractivity contribution < 1.29 is 0 Å². The van der Waals surface area contributed by atoms with Gasteiger partial charge >= 0.3 is 0 Å². The molecule has 1 fully saturated rings. The number of anilines is 1. The molecule has 0 spiro atoms. The van der Waals surface area contributed by atoms with Crippen LogP contribution < -0.4 is 10.6 Å². The van der Waals surface area contributed by atoms with Crippen molar-refractivity contribution in [1.29, 1.82) is 0 Å². The molecule has 1 aromatic carbocycles. The van der Waals surface area contributed by atoms with E-state index in [1.54, 1.807) is 12.4 Å². The maximum atomic E-state index is 6.01. The zero-order valence-corrected chi connectivity index (χ0v) is 14.8. The number of aromatic amines is 2. The molecule has 0 saturated carbocycles. The first-order valence-electron chi connectivity index (χ1n) is 9.09. The minimum absolute atomic E-state index is 0.286. The minimum atomic E-state index is 0.286. The van der Waals surface area contributed by atoms with Crippen molar-refractivity contribution in [3.05, 3.63) is 42.9 Å². The topological polar surface area (TPSA) is 112 Å². The first-order chi connectivity index (χ1) is 13.3. The summed E-state index contributed by atoms with van der Waals surface area (Å²) in [6, 6.07) is 8.38. The zero-order valence-electron chi connectivity index (χ0n) is 14.8. The molecule has 0 unspecified atom stereocenters. The highest BCUT2D eigenvalue weighted by atomic mass is 15.2. The lowest BCUT2D eigenvalue weighted by Crippen LogP contribution is -2.40. The van der Waals surface area contributed by atoms with E-state index in [-0.39, 0.29) is 6.04 Å². The Morgan fingerprint density at radius 3 is 2.78 bits per heavy atom. The molecule has 1 aliphatic heterocycles. The molecule has 1 saturated heterocycles. The van der Waals surface area contributed by atoms with Crippen LogP contribution in [0.15, 0.2) is 42.9 Å². The summed E-state index contributed by atoms with van der Waals surface area (Å²) in [5.74, 6) is 0.875. The molecular weight excluding hydrogens is 340 g/mol. The van der Waals surface area contributed by atoms with Crippen LogP contribution in [0, 0.1) is 0 Å². The Hall–Kier alpha value is -3.26. The maximum Gasteiger partial charge on any atom is 0.147 e. The monoisotopic (exact) mass is 360 g/mol. The van der Waals surface area contributed by atoms with Gasteiger partial charge in [0, 0.05) is 36.3 Å². The quantitative estimate of drug-likeness (QED) is 0.517. The lowest BCUT2D eigenvalue weighted by Gasteiger charge is -2.30. The zero-order chi connectivity index (χ0) is 18.2. The summed E-state index contributed by atoms with van der Waals surface area (Å²) in [6.45, 7) is 1.81. The van der Waals surface area contributed by atoms with Gasteiger partial charge in [-0.2, -0.15) is 10.2 Å². The van der Waals surface area contributed by atoms with Crippen LogP contribution in [0.1, 0.15) is 12.8 Å². The second-order valence-corrected chi connectivity index (χ2v) is 6.89. The number of fused-ring (bicyclic) bond motifs is 1. The number of aromatic nitrogens is 6. The highest BCUT2D eigenvalue weighted by molar-refractivity contribution is 5.94. The predicted octanol–water partition coefficient (Wildman–Crippen LogP) is 2.34. The molecule has 0 atom stereocenters. The third-order valence-electron chi connectivity index (χ3n) is 5.10. The fourth-order valence-corrected chi connectivity index (χ4v) is 3.54. The van der Waals surface area contributed by atoms with Gasteiger partial charge in [-0.25, -0.2) is 4.98 Å². The van der Waals surface area contributed by atoms with Crippen LogP contribution in [0.3, 0.4) is 0 Å². The van der Waals surface area contributed by atoms with E-state index in [0.717, 1.165) is 65.3 Å². The summed E-state index contributed by atoms with van der Waals surface area (Å²) < 4.78 is 0. The van der Waals surface area contributed by atoms with E-state index in [1.165, 1.54) is 0 Å². The van der Waals surface area contributed by atoms with E-state index in [1.807, 2.05) is 24.4 Å². The highest BCUT2D eigenvalue weighted by Crippen LogP contribution is 2.29. The molecule has 0 radical (unpaired) electrons. The number of benzene rings is 1. The Morgan fingerprint density at radius 2 is 1.96 bits per heavy atom. The SMILES string of the molecule is NC1CCN(c2cncc(-c3n[nH]c4ccc(-c5ccn[nH]5)cc34)n2)CC1. The van der Waals surface area contributed by atoms with Gasteiger partial charge in [0.15, 0.2) is 0 Å². The van der Waals surface area contributed by atoms with Gasteiger partial charge in [0.1, 0.15) is 17.2 Å². The summed E-state index contributed by atoms with van der Waals surface area (Å²) in [6.07, 6.45) is 7.27. The average Bonchev–Trinajstić information content (AvgIpc) is 3.38. The van der Waals surface area contributed by atoms with Crippen LogP contribution >= 0.6 is 0 Å². The Balaban J connectivity index is 1.53. The Morgan fingerprint density at radius 1 is 1.07 bits per heavy atom. The van der Waals surface area contributed by atoms with Crippen molar-refractivity contribution >= 4 is 16.7 Å². The molecule has 4 N–H and O–H groups in total. The van der Waals surface area contributed by atoms with Gasteiger partial charge < -0.3 is 10.6 Å². The van der Waals surface area contributed by atoms with E-state index in [9.17, 15) is 0 Å². The molecule has 8 nitrogen and oxygen atoms in total. The van der Waals surface area contributed by atoms with Crippen molar-refractivity contribution in [3.8, 4) is 22.6 Å². The van der Waals surface area contributed by atoms with Crippen molar-refractivity contribution in [2.45, 2.75) is 18.9 Å². The molecule has 3 aromatic heterocycles. The largest absolute Gasteiger partial charge is 0.355 e. The lowest BCUT2D eigenvalue weighted by molar-refractivity contribution is 0.498. The van der Waals surface area contributed by atoms with Gasteiger partial charge in [-0.15, -0.1) is 0 Å². The number of nitrogens with zero attached hydrogens (tertiary/aromatic N) is 5. The van der Waals surface area contributed by atoms with Gasteiger partial charge in [-0.3, -0.25) is 15.2 Å². The minimum Gasteiger partial charge on any atom is -0.355 e. The van der Waals surface area contributed by atoms with Crippen LogP contribution in [0.25, 0.3) is 33.5 Å². The predicted molar refractivity (Wildman–Crippen MR) is 104 cm³/mol. The van der Waals surface area contributed by atoms with E-state index in [0.29, 0.717) is 0 Å². The Labute approximate surface area is 155 Å². The fraction of sp³-hybridized carbons (Fsp3) is 0.263. The maximum absolute atomic E-state index is 6.01. The molecule has 0 bridgehead atoms. The van der Waals surface area contributed by atoms with Gasteiger partial charge in [-0.1, -0.05) is 6.07 Å². The van der Waals surface area contributed by atoms with Crippen molar-refractivity contribution in [1.82, 2.24) is 30.4 Å². The molecule has 0 aliphatic carbocycles. The second kappa shape index (κ2) is 6.48. The first-order valence-corrected chi connectivity index (χ1v) is 9.09. The summed E-state index contributed by atoms with van der Waals surface area (Å²) in [5.41, 5.74) is 10.6. The third-order valence-corrected chi connectivity index (χ3v) is 5.10. The second-order valence-electron chi connectivity index (χ2n) is 6.89. The van der Waals surface area contributed by atoms with Crippen LogP contribution in [-0.2, 0) is 0 Å². The summed E-state index contributed by atoms with van der Waals surface area (Å²) in [5, 5.41) is 15.6. The molecule has 0 amide bonds. The molecule has 8 heteroatoms. The number of hydrogen-bond acceptors (Lipinski definition) is 6. The number of H-pyrrole nitrogens is 2. The molecule has 5 rings (SSSR count). The van der Waals surface area contributed by atoms with Crippen LogP contribution in [-0.4, -0.2) is 49.5 Å². The number of piperidine rings is 1. The normalized spacial score (nSPS) is 15.5. The smallest absolute Gasteiger partial charge is 0.147 e. The Bertz CT molecular complexity index is 1060. The number of rotatable bonds is 3. The average molecular weight is 360 g/mol. The van der Waals surface area contributed by atoms with E-state index < -0.39 is 0 Å². The van der Waals surface area contributed by atoms with Crippen LogP contribution in [0.2, 0.25) is 0 Å². The highest BCUT2D eigenvalue weighted by Gasteiger charge is 2.19. The molecule has 4 aromatic rings. The Kier molecular flexibility index (Phi) is 3.83. The van der Waals surface area contributed by atoms with E-state index in [2.05, 4.69) is 36.3 Å². The van der Waals surface area contributed by atoms with Crippen molar-refractivity contribution in [3.63, 3.8) is 0 Å². The molecule has 27 heavy (non-hydrogen) atoms. The summed E-state index contributed by atoms with van der Waals surface area (Å²) in [4.78, 5) is 11.5. The molecular formula is C19H20N8. The molecule has 4 heterocycles. The first kappa shape index (κ1) is 16.0. The molecule has 136 valence electrons. The van der Waals surface area contributed by atoms with Crippen LogP contribution in [0.5, 0.6) is 0 Å². The summed E-state index contributed by atoms with van der Waals surface area (Å²) >= 11 is 0. The van der Waals surface area contributed by atoms with E-state index in [4.69, 9.17) is 10.7 Å². The standard InChI is InChI=1S/C19H20N8/c20-13-4-7-27(8-5-13)18-11-21-10-17(23-18)19-14-9-12(15-3-6-22-24-15)1-2-16(14)25-26-19/h1-3,6,9-11,13H,4-5,7-8,20H2,(H,22,24)(H,25,26). The van der Waals surface area contributed by atoms with Gasteiger partial charge in [0.25, 0.3) is 0 Å². The van der Waals surface area contributed by atoms with Crippen LogP contribution in [0.4, 0.5) is 5.82 Å². The number of nitrogens with two attached hydrogens (primary N) is 1. The van der Waals surface area contributed by atoms with Gasteiger partial charge in [-0.05, 0) is 31.0 Å². The molecule has 1 aliphatic rings. The number of hydrogen-bond donors (Lipinski definition) is 3. The van der Waals surface area contributed by atoms with Gasteiger partial charge in [0.05, 0.1) is 23.6 Å².